The van der Waals surface area contributed by atoms with Gasteiger partial charge in [0.15, 0.2) is 0 Å². The first-order chi connectivity index (χ1) is 5.90. The average Bonchev–Trinajstić information content (AvgIpc) is 1.94. The Hall–Kier alpha value is -0.370. The lowest BCUT2D eigenvalue weighted by Crippen LogP contribution is -2.61. The third-order valence-corrected chi connectivity index (χ3v) is 3.51. The Kier molecular flexibility index (Phi) is 2.81. The fourth-order valence-electron chi connectivity index (χ4n) is 0.808. The van der Waals surface area contributed by atoms with Crippen molar-refractivity contribution in [2.75, 3.05) is 13.2 Å². The molecule has 1 N–H and O–H groups in total. The first-order valence-corrected chi connectivity index (χ1v) is 5.30. The zero-order valence-electron chi connectivity index (χ0n) is 8.22. The summed E-state index contributed by atoms with van der Waals surface area (Å²) >= 11 is 0. The van der Waals surface area contributed by atoms with Gasteiger partial charge in [0, 0.05) is 0 Å². The number of rotatable bonds is 2. The molecule has 0 amide bonds. The topological polar surface area (TPSA) is 38.3 Å². The van der Waals surface area contributed by atoms with Crippen molar-refractivity contribution in [2.24, 2.45) is 0 Å². The smallest absolute Gasteiger partial charge is 0.138 e. The second kappa shape index (κ2) is 3.41. The normalized spacial score (nSPS) is 22.9. The molecule has 0 aromatic rings. The first kappa shape index (κ1) is 10.7. The molecular weight excluding hydrogens is 186 g/mol. The van der Waals surface area contributed by atoms with E-state index in [1.165, 1.54) is 0 Å². The minimum atomic E-state index is -1.13. The summed E-state index contributed by atoms with van der Waals surface area (Å²) in [5, 5.41) is 0. The molecule has 0 aromatic carbocycles. The maximum absolute atomic E-state index is 11.7. The molecule has 1 saturated heterocycles. The third kappa shape index (κ3) is 2.31. The number of terminal acetylenes is 1. The molecule has 1 fully saturated rings. The SMILES string of the molecule is C#CC1(N[S@@](=O)C(C)(C)C)COC1. The third-order valence-electron chi connectivity index (χ3n) is 1.82. The lowest BCUT2D eigenvalue weighted by molar-refractivity contribution is -0.0308. The molecule has 0 aliphatic carbocycles. The summed E-state index contributed by atoms with van der Waals surface area (Å²) in [6.45, 7) is 6.61. The fraction of sp³-hybridized carbons (Fsp3) is 0.778. The lowest BCUT2D eigenvalue weighted by Gasteiger charge is -2.38. The molecule has 1 aliphatic heterocycles. The molecule has 1 atom stereocenters. The Labute approximate surface area is 81.8 Å². The maximum Gasteiger partial charge on any atom is 0.138 e. The Bertz CT molecular complexity index is 258. The second-order valence-electron chi connectivity index (χ2n) is 4.20. The molecule has 74 valence electrons. The van der Waals surface area contributed by atoms with Crippen LogP contribution >= 0.6 is 0 Å². The summed E-state index contributed by atoms with van der Waals surface area (Å²) in [5.74, 6) is 2.59. The van der Waals surface area contributed by atoms with Gasteiger partial charge in [-0.1, -0.05) is 5.92 Å². The molecule has 0 spiro atoms. The van der Waals surface area contributed by atoms with Crippen LogP contribution in [0, 0.1) is 12.3 Å². The van der Waals surface area contributed by atoms with E-state index < -0.39 is 16.5 Å². The van der Waals surface area contributed by atoms with Gasteiger partial charge in [-0.2, -0.15) is 0 Å². The predicted octanol–water partition coefficient (Wildman–Crippen LogP) is 0.440. The highest BCUT2D eigenvalue weighted by atomic mass is 32.2. The standard InChI is InChI=1S/C9H15NO2S/c1-5-9(6-12-7-9)10-13(11)8(2,3)4/h1,10H,6-7H2,2-4H3/t13-/m0/s1. The Morgan fingerprint density at radius 2 is 2.08 bits per heavy atom. The van der Waals surface area contributed by atoms with E-state index in [9.17, 15) is 4.21 Å². The molecule has 4 heteroatoms. The Morgan fingerprint density at radius 3 is 2.31 bits per heavy atom. The van der Waals surface area contributed by atoms with Gasteiger partial charge in [-0.3, -0.25) is 0 Å². The van der Waals surface area contributed by atoms with Gasteiger partial charge < -0.3 is 4.74 Å². The van der Waals surface area contributed by atoms with Crippen molar-refractivity contribution in [3.8, 4) is 12.3 Å². The summed E-state index contributed by atoms with van der Waals surface area (Å²) in [6, 6.07) is 0. The number of hydrogen-bond donors (Lipinski definition) is 1. The lowest BCUT2D eigenvalue weighted by atomic mass is 10.0. The monoisotopic (exact) mass is 201 g/mol. The second-order valence-corrected chi connectivity index (χ2v) is 6.17. The minimum Gasteiger partial charge on any atom is -0.375 e. The van der Waals surface area contributed by atoms with E-state index in [1.807, 2.05) is 20.8 Å². The molecule has 0 aromatic heterocycles. The van der Waals surface area contributed by atoms with Crippen molar-refractivity contribution in [3.63, 3.8) is 0 Å². The highest BCUT2D eigenvalue weighted by Gasteiger charge is 2.40. The van der Waals surface area contributed by atoms with Crippen LogP contribution in [0.5, 0.6) is 0 Å². The van der Waals surface area contributed by atoms with E-state index in [-0.39, 0.29) is 4.75 Å². The van der Waals surface area contributed by atoms with Gasteiger partial charge in [-0.15, -0.1) is 6.42 Å². The van der Waals surface area contributed by atoms with E-state index in [1.54, 1.807) is 0 Å². The largest absolute Gasteiger partial charge is 0.375 e. The summed E-state index contributed by atoms with van der Waals surface area (Å²) in [6.07, 6.45) is 5.33. The van der Waals surface area contributed by atoms with E-state index in [0.717, 1.165) is 0 Å². The quantitative estimate of drug-likeness (QED) is 0.658. The molecule has 0 bridgehead atoms. The van der Waals surface area contributed by atoms with Crippen LogP contribution in [0.15, 0.2) is 0 Å². The zero-order valence-corrected chi connectivity index (χ0v) is 9.03. The van der Waals surface area contributed by atoms with E-state index in [2.05, 4.69) is 10.6 Å². The van der Waals surface area contributed by atoms with Crippen LogP contribution in [0.2, 0.25) is 0 Å². The van der Waals surface area contributed by atoms with E-state index >= 15 is 0 Å². The minimum absolute atomic E-state index is 0.292. The molecule has 0 unspecified atom stereocenters. The highest BCUT2D eigenvalue weighted by Crippen LogP contribution is 2.19. The van der Waals surface area contributed by atoms with E-state index in [4.69, 9.17) is 11.2 Å². The van der Waals surface area contributed by atoms with Crippen LogP contribution in [0.25, 0.3) is 0 Å². The van der Waals surface area contributed by atoms with Crippen molar-refractivity contribution in [2.45, 2.75) is 31.1 Å². The molecule has 1 heterocycles. The van der Waals surface area contributed by atoms with Gasteiger partial charge in [-0.05, 0) is 20.8 Å². The average molecular weight is 201 g/mol. The molecule has 13 heavy (non-hydrogen) atoms. The Morgan fingerprint density at radius 1 is 1.54 bits per heavy atom. The molecule has 0 radical (unpaired) electrons. The van der Waals surface area contributed by atoms with Gasteiger partial charge in [0.05, 0.1) is 28.9 Å². The van der Waals surface area contributed by atoms with Crippen molar-refractivity contribution in [3.05, 3.63) is 0 Å². The van der Waals surface area contributed by atoms with Crippen LogP contribution in [0.4, 0.5) is 0 Å². The molecule has 1 rings (SSSR count). The summed E-state index contributed by atoms with van der Waals surface area (Å²) in [5.41, 5.74) is -0.502. The molecular formula is C9H15NO2S. The van der Waals surface area contributed by atoms with Crippen LogP contribution < -0.4 is 4.72 Å². The van der Waals surface area contributed by atoms with Crippen molar-refractivity contribution in [1.82, 2.24) is 4.72 Å². The van der Waals surface area contributed by atoms with Crippen molar-refractivity contribution < 1.29 is 8.95 Å². The number of hydrogen-bond acceptors (Lipinski definition) is 2. The summed E-state index contributed by atoms with van der Waals surface area (Å²) < 4.78 is 19.3. The molecule has 0 saturated carbocycles. The number of ether oxygens (including phenoxy) is 1. The first-order valence-electron chi connectivity index (χ1n) is 4.15. The molecule has 1 aliphatic rings. The summed E-state index contributed by atoms with van der Waals surface area (Å²) in [4.78, 5) is 0. The zero-order chi connectivity index (χ0) is 10.1. The Balaban J connectivity index is 2.59. The van der Waals surface area contributed by atoms with Gasteiger partial charge in [0.25, 0.3) is 0 Å². The summed E-state index contributed by atoms with van der Waals surface area (Å²) in [7, 11) is -1.13. The number of nitrogens with one attached hydrogen (secondary N) is 1. The van der Waals surface area contributed by atoms with Crippen LogP contribution in [-0.4, -0.2) is 27.7 Å². The maximum atomic E-state index is 11.7. The highest BCUT2D eigenvalue weighted by molar-refractivity contribution is 7.84. The van der Waals surface area contributed by atoms with Crippen molar-refractivity contribution >= 4 is 11.0 Å². The van der Waals surface area contributed by atoms with Gasteiger partial charge in [-0.25, -0.2) is 8.93 Å². The van der Waals surface area contributed by atoms with Gasteiger partial charge in [0.1, 0.15) is 5.54 Å². The van der Waals surface area contributed by atoms with Crippen LogP contribution in [-0.2, 0) is 15.7 Å². The van der Waals surface area contributed by atoms with Crippen LogP contribution in [0.3, 0.4) is 0 Å². The van der Waals surface area contributed by atoms with Crippen LogP contribution in [0.1, 0.15) is 20.8 Å². The van der Waals surface area contributed by atoms with Gasteiger partial charge >= 0.3 is 0 Å². The predicted molar refractivity (Wildman–Crippen MR) is 53.4 cm³/mol. The van der Waals surface area contributed by atoms with Gasteiger partial charge in [0.2, 0.25) is 0 Å². The fourth-order valence-corrected chi connectivity index (χ4v) is 1.65. The van der Waals surface area contributed by atoms with Crippen molar-refractivity contribution in [1.29, 1.82) is 0 Å². The molecule has 3 nitrogen and oxygen atoms in total. The van der Waals surface area contributed by atoms with E-state index in [0.29, 0.717) is 13.2 Å².